The zero-order valence-electron chi connectivity index (χ0n) is 10.4. The molecule has 1 aliphatic rings. The fraction of sp³-hybridized carbons (Fsp3) is 0.333. The molecule has 1 saturated carbocycles. The summed E-state index contributed by atoms with van der Waals surface area (Å²) < 4.78 is 0. The number of rotatable bonds is 2. The van der Waals surface area contributed by atoms with Crippen LogP contribution in [0.3, 0.4) is 0 Å². The topological polar surface area (TPSA) is 45.8 Å². The number of H-pyrrole nitrogens is 1. The summed E-state index contributed by atoms with van der Waals surface area (Å²) in [6, 6.07) is 9.92. The van der Waals surface area contributed by atoms with Gasteiger partial charge >= 0.3 is 0 Å². The monoisotopic (exact) mass is 240 g/mol. The Labute approximate surface area is 106 Å². The molecule has 0 bridgehead atoms. The van der Waals surface area contributed by atoms with Gasteiger partial charge in [-0.25, -0.2) is 4.98 Å². The van der Waals surface area contributed by atoms with E-state index in [-0.39, 0.29) is 5.56 Å². The summed E-state index contributed by atoms with van der Waals surface area (Å²) in [5, 5.41) is 0. The van der Waals surface area contributed by atoms with E-state index >= 15 is 0 Å². The Morgan fingerprint density at radius 3 is 2.56 bits per heavy atom. The van der Waals surface area contributed by atoms with Crippen molar-refractivity contribution in [3.05, 3.63) is 52.1 Å². The minimum atomic E-state index is -0.00856. The molecule has 92 valence electrons. The second kappa shape index (κ2) is 4.41. The van der Waals surface area contributed by atoms with E-state index in [1.54, 1.807) is 0 Å². The molecule has 0 atom stereocenters. The molecule has 0 spiro atoms. The Hall–Kier alpha value is -1.90. The predicted octanol–water partition coefficient (Wildman–Crippen LogP) is 3.01. The van der Waals surface area contributed by atoms with Crippen molar-refractivity contribution in [2.75, 3.05) is 0 Å². The Morgan fingerprint density at radius 1 is 1.22 bits per heavy atom. The average molecular weight is 240 g/mol. The normalized spacial score (nSPS) is 15.4. The summed E-state index contributed by atoms with van der Waals surface area (Å²) in [4.78, 5) is 19.6. The zero-order chi connectivity index (χ0) is 12.5. The van der Waals surface area contributed by atoms with Gasteiger partial charge in [0.15, 0.2) is 0 Å². The maximum atomic E-state index is 12.0. The average Bonchev–Trinajstić information content (AvgIpc) is 2.32. The number of nitrogens with one attached hydrogen (secondary N) is 1. The molecule has 3 rings (SSSR count). The molecule has 0 saturated heterocycles. The molecule has 0 unspecified atom stereocenters. The minimum absolute atomic E-state index is 0.00856. The van der Waals surface area contributed by atoms with Crippen LogP contribution in [0.1, 0.15) is 36.6 Å². The third-order valence-corrected chi connectivity index (χ3v) is 3.71. The summed E-state index contributed by atoms with van der Waals surface area (Å²) in [6.45, 7) is 1.83. The van der Waals surface area contributed by atoms with Crippen LogP contribution in [-0.4, -0.2) is 9.97 Å². The summed E-state index contributed by atoms with van der Waals surface area (Å²) in [7, 11) is 0. The molecule has 2 aromatic rings. The van der Waals surface area contributed by atoms with Gasteiger partial charge < -0.3 is 4.98 Å². The van der Waals surface area contributed by atoms with Crippen LogP contribution in [-0.2, 0) is 0 Å². The number of benzene rings is 1. The van der Waals surface area contributed by atoms with E-state index in [1.807, 2.05) is 37.3 Å². The van der Waals surface area contributed by atoms with Crippen LogP contribution in [0.25, 0.3) is 11.3 Å². The Balaban J connectivity index is 2.13. The third kappa shape index (κ3) is 1.86. The highest BCUT2D eigenvalue weighted by molar-refractivity contribution is 5.62. The lowest BCUT2D eigenvalue weighted by Crippen LogP contribution is -2.21. The summed E-state index contributed by atoms with van der Waals surface area (Å²) >= 11 is 0. The molecule has 1 N–H and O–H groups in total. The Kier molecular flexibility index (Phi) is 2.74. The summed E-state index contributed by atoms with van der Waals surface area (Å²) in [5.41, 5.74) is 2.53. The lowest BCUT2D eigenvalue weighted by atomic mass is 9.84. The van der Waals surface area contributed by atoms with E-state index in [9.17, 15) is 4.79 Å². The van der Waals surface area contributed by atoms with E-state index in [4.69, 9.17) is 0 Å². The second-order valence-electron chi connectivity index (χ2n) is 4.92. The van der Waals surface area contributed by atoms with E-state index in [0.29, 0.717) is 11.5 Å². The van der Waals surface area contributed by atoms with Crippen LogP contribution in [0.5, 0.6) is 0 Å². The summed E-state index contributed by atoms with van der Waals surface area (Å²) in [5.74, 6) is 1.30. The maximum absolute atomic E-state index is 12.0. The SMILES string of the molecule is Cc1c(-c2ccccc2)nc(C2CCC2)[nH]c1=O. The van der Waals surface area contributed by atoms with Crippen molar-refractivity contribution in [3.8, 4) is 11.3 Å². The molecule has 1 heterocycles. The number of hydrogen-bond donors (Lipinski definition) is 1. The van der Waals surface area contributed by atoms with Gasteiger partial charge in [-0.3, -0.25) is 4.79 Å². The summed E-state index contributed by atoms with van der Waals surface area (Å²) in [6.07, 6.45) is 3.52. The molecule has 1 fully saturated rings. The molecular formula is C15H16N2O. The number of aromatic amines is 1. The first kappa shape index (κ1) is 11.2. The minimum Gasteiger partial charge on any atom is -0.310 e. The molecule has 0 radical (unpaired) electrons. The molecule has 1 aliphatic carbocycles. The molecule has 0 amide bonds. The first-order valence-corrected chi connectivity index (χ1v) is 6.42. The molecule has 1 aromatic heterocycles. The van der Waals surface area contributed by atoms with Gasteiger partial charge in [-0.2, -0.15) is 0 Å². The standard InChI is InChI=1S/C15H16N2O/c1-10-13(11-6-3-2-4-7-11)16-14(17-15(10)18)12-8-5-9-12/h2-4,6-7,12H,5,8-9H2,1H3,(H,16,17,18). The van der Waals surface area contributed by atoms with Gasteiger partial charge in [0.2, 0.25) is 0 Å². The van der Waals surface area contributed by atoms with Crippen LogP contribution in [0, 0.1) is 6.92 Å². The van der Waals surface area contributed by atoms with Crippen LogP contribution < -0.4 is 5.56 Å². The van der Waals surface area contributed by atoms with Crippen LogP contribution >= 0.6 is 0 Å². The number of aromatic nitrogens is 2. The molecule has 3 heteroatoms. The van der Waals surface area contributed by atoms with Gasteiger partial charge in [0.05, 0.1) is 5.69 Å². The number of nitrogens with zero attached hydrogens (tertiary/aromatic N) is 1. The van der Waals surface area contributed by atoms with Gasteiger partial charge in [0, 0.05) is 17.0 Å². The van der Waals surface area contributed by atoms with Crippen molar-refractivity contribution in [1.82, 2.24) is 9.97 Å². The lowest BCUT2D eigenvalue weighted by Gasteiger charge is -2.24. The van der Waals surface area contributed by atoms with Crippen LogP contribution in [0.15, 0.2) is 35.1 Å². The van der Waals surface area contributed by atoms with Crippen molar-refractivity contribution >= 4 is 0 Å². The van der Waals surface area contributed by atoms with Crippen LogP contribution in [0.4, 0.5) is 0 Å². The van der Waals surface area contributed by atoms with Crippen LogP contribution in [0.2, 0.25) is 0 Å². The van der Waals surface area contributed by atoms with E-state index in [0.717, 1.165) is 29.9 Å². The first-order valence-electron chi connectivity index (χ1n) is 6.42. The highest BCUT2D eigenvalue weighted by Crippen LogP contribution is 2.34. The molecular weight excluding hydrogens is 224 g/mol. The van der Waals surface area contributed by atoms with E-state index < -0.39 is 0 Å². The van der Waals surface area contributed by atoms with Crippen molar-refractivity contribution in [3.63, 3.8) is 0 Å². The maximum Gasteiger partial charge on any atom is 0.254 e. The molecule has 18 heavy (non-hydrogen) atoms. The fourth-order valence-electron chi connectivity index (χ4n) is 2.30. The van der Waals surface area contributed by atoms with Gasteiger partial charge in [0.1, 0.15) is 5.82 Å². The highest BCUT2D eigenvalue weighted by Gasteiger charge is 2.23. The second-order valence-corrected chi connectivity index (χ2v) is 4.92. The van der Waals surface area contributed by atoms with Gasteiger partial charge in [-0.05, 0) is 19.8 Å². The van der Waals surface area contributed by atoms with Gasteiger partial charge in [-0.1, -0.05) is 36.8 Å². The highest BCUT2D eigenvalue weighted by atomic mass is 16.1. The van der Waals surface area contributed by atoms with Crippen molar-refractivity contribution in [2.24, 2.45) is 0 Å². The van der Waals surface area contributed by atoms with E-state index in [1.165, 1.54) is 6.42 Å². The van der Waals surface area contributed by atoms with E-state index in [2.05, 4.69) is 9.97 Å². The Bertz CT molecular complexity index is 612. The third-order valence-electron chi connectivity index (χ3n) is 3.71. The molecule has 1 aromatic carbocycles. The van der Waals surface area contributed by atoms with Gasteiger partial charge in [-0.15, -0.1) is 0 Å². The first-order chi connectivity index (χ1) is 8.75. The largest absolute Gasteiger partial charge is 0.310 e. The predicted molar refractivity (Wildman–Crippen MR) is 71.6 cm³/mol. The Morgan fingerprint density at radius 2 is 1.94 bits per heavy atom. The van der Waals surface area contributed by atoms with Crippen molar-refractivity contribution < 1.29 is 0 Å². The smallest absolute Gasteiger partial charge is 0.254 e. The van der Waals surface area contributed by atoms with Gasteiger partial charge in [0.25, 0.3) is 5.56 Å². The fourth-order valence-corrected chi connectivity index (χ4v) is 2.30. The quantitative estimate of drug-likeness (QED) is 0.877. The lowest BCUT2D eigenvalue weighted by molar-refractivity contribution is 0.400. The molecule has 3 nitrogen and oxygen atoms in total. The van der Waals surface area contributed by atoms with Crippen molar-refractivity contribution in [2.45, 2.75) is 32.1 Å². The molecule has 0 aliphatic heterocycles. The number of hydrogen-bond acceptors (Lipinski definition) is 2. The van der Waals surface area contributed by atoms with Crippen molar-refractivity contribution in [1.29, 1.82) is 0 Å². The zero-order valence-corrected chi connectivity index (χ0v) is 10.4.